The lowest BCUT2D eigenvalue weighted by Crippen LogP contribution is -2.23. The highest BCUT2D eigenvalue weighted by molar-refractivity contribution is 4.96. The monoisotopic (exact) mass is 161 g/mol. The lowest BCUT2D eigenvalue weighted by molar-refractivity contribution is 0.268. The standard InChI is InChI=1S/C7H14FN.C2H6/c1-2-6(9)5-7(8)3-4-7;1-2/h6H,2-5,9H2,1H3;1-2H3/t6-;/m0./s1. The van der Waals surface area contributed by atoms with E-state index >= 15 is 0 Å². The molecule has 0 amide bonds. The summed E-state index contributed by atoms with van der Waals surface area (Å²) in [5, 5.41) is 0. The van der Waals surface area contributed by atoms with Crippen LogP contribution in [0.5, 0.6) is 0 Å². The summed E-state index contributed by atoms with van der Waals surface area (Å²) < 4.78 is 12.9. The van der Waals surface area contributed by atoms with Crippen LogP contribution in [-0.2, 0) is 0 Å². The molecule has 0 aromatic rings. The molecule has 1 aliphatic rings. The first-order valence-corrected chi connectivity index (χ1v) is 4.61. The summed E-state index contributed by atoms with van der Waals surface area (Å²) in [6.07, 6.45) is 2.94. The fourth-order valence-electron chi connectivity index (χ4n) is 0.954. The molecule has 0 radical (unpaired) electrons. The molecule has 0 unspecified atom stereocenters. The van der Waals surface area contributed by atoms with Gasteiger partial charge in [-0.15, -0.1) is 0 Å². The number of hydrogen-bond acceptors (Lipinski definition) is 1. The highest BCUT2D eigenvalue weighted by atomic mass is 19.1. The molecule has 0 spiro atoms. The van der Waals surface area contributed by atoms with Gasteiger partial charge in [0.05, 0.1) is 0 Å². The predicted octanol–water partition coefficient (Wildman–Crippen LogP) is 2.64. The first-order valence-electron chi connectivity index (χ1n) is 4.61. The van der Waals surface area contributed by atoms with E-state index in [0.29, 0.717) is 6.42 Å². The van der Waals surface area contributed by atoms with Gasteiger partial charge < -0.3 is 5.73 Å². The minimum absolute atomic E-state index is 0.0810. The van der Waals surface area contributed by atoms with Crippen LogP contribution < -0.4 is 5.73 Å². The first kappa shape index (κ1) is 10.9. The Morgan fingerprint density at radius 3 is 2.18 bits per heavy atom. The molecule has 1 fully saturated rings. The smallest absolute Gasteiger partial charge is 0.112 e. The lowest BCUT2D eigenvalue weighted by Gasteiger charge is -2.10. The van der Waals surface area contributed by atoms with E-state index in [0.717, 1.165) is 19.3 Å². The summed E-state index contributed by atoms with van der Waals surface area (Å²) in [5.74, 6) is 0. The van der Waals surface area contributed by atoms with Gasteiger partial charge in [0.25, 0.3) is 0 Å². The average Bonchev–Trinajstić information content (AvgIpc) is 2.72. The van der Waals surface area contributed by atoms with Crippen LogP contribution in [-0.4, -0.2) is 11.7 Å². The maximum absolute atomic E-state index is 12.9. The molecule has 0 saturated heterocycles. The van der Waals surface area contributed by atoms with E-state index in [4.69, 9.17) is 5.73 Å². The average molecular weight is 161 g/mol. The van der Waals surface area contributed by atoms with Crippen molar-refractivity contribution in [2.75, 3.05) is 0 Å². The Kier molecular flexibility index (Phi) is 4.66. The third kappa shape index (κ3) is 4.35. The Labute approximate surface area is 69.2 Å². The van der Waals surface area contributed by atoms with Crippen molar-refractivity contribution < 1.29 is 4.39 Å². The zero-order chi connectivity index (χ0) is 8.91. The topological polar surface area (TPSA) is 26.0 Å². The Bertz CT molecular complexity index is 99.7. The molecule has 68 valence electrons. The highest BCUT2D eigenvalue weighted by Crippen LogP contribution is 2.43. The second-order valence-corrected chi connectivity index (χ2v) is 3.02. The molecule has 1 aliphatic carbocycles. The maximum Gasteiger partial charge on any atom is 0.112 e. The van der Waals surface area contributed by atoms with Crippen molar-refractivity contribution >= 4 is 0 Å². The summed E-state index contributed by atoms with van der Waals surface area (Å²) >= 11 is 0. The van der Waals surface area contributed by atoms with Crippen LogP contribution in [0.1, 0.15) is 46.5 Å². The Morgan fingerprint density at radius 2 is 1.91 bits per heavy atom. The van der Waals surface area contributed by atoms with Crippen molar-refractivity contribution in [3.63, 3.8) is 0 Å². The first-order chi connectivity index (χ1) is 5.16. The van der Waals surface area contributed by atoms with E-state index in [1.165, 1.54) is 0 Å². The van der Waals surface area contributed by atoms with Crippen molar-refractivity contribution in [1.29, 1.82) is 0 Å². The second-order valence-electron chi connectivity index (χ2n) is 3.02. The van der Waals surface area contributed by atoms with E-state index in [-0.39, 0.29) is 6.04 Å². The van der Waals surface area contributed by atoms with Crippen LogP contribution in [0.3, 0.4) is 0 Å². The molecule has 0 aliphatic heterocycles. The Morgan fingerprint density at radius 1 is 1.45 bits per heavy atom. The maximum atomic E-state index is 12.9. The van der Waals surface area contributed by atoms with Crippen LogP contribution in [0, 0.1) is 0 Å². The quantitative estimate of drug-likeness (QED) is 0.676. The van der Waals surface area contributed by atoms with Gasteiger partial charge in [-0.1, -0.05) is 20.8 Å². The van der Waals surface area contributed by atoms with Crippen LogP contribution >= 0.6 is 0 Å². The molecule has 0 heterocycles. The molecule has 0 aromatic carbocycles. The minimum atomic E-state index is -0.852. The molecule has 1 nitrogen and oxygen atoms in total. The van der Waals surface area contributed by atoms with Crippen LogP contribution in [0.15, 0.2) is 0 Å². The Balaban J connectivity index is 0.000000461. The summed E-state index contributed by atoms with van der Waals surface area (Å²) in [6, 6.07) is 0.0810. The third-order valence-electron chi connectivity index (χ3n) is 1.94. The zero-order valence-corrected chi connectivity index (χ0v) is 7.86. The van der Waals surface area contributed by atoms with E-state index in [2.05, 4.69) is 0 Å². The third-order valence-corrected chi connectivity index (χ3v) is 1.94. The Hall–Kier alpha value is -0.110. The SMILES string of the molecule is CC.CC[C@H](N)CC1(F)CC1. The molecule has 1 rings (SSSR count). The fourth-order valence-corrected chi connectivity index (χ4v) is 0.954. The number of alkyl halides is 1. The number of hydrogen-bond donors (Lipinski definition) is 1. The van der Waals surface area contributed by atoms with Gasteiger partial charge in [0.15, 0.2) is 0 Å². The summed E-state index contributed by atoms with van der Waals surface area (Å²) in [6.45, 7) is 6.00. The largest absolute Gasteiger partial charge is 0.328 e. The van der Waals surface area contributed by atoms with E-state index in [1.54, 1.807) is 0 Å². The van der Waals surface area contributed by atoms with Crippen molar-refractivity contribution in [2.45, 2.75) is 58.2 Å². The second kappa shape index (κ2) is 4.70. The molecular formula is C9H20FN. The molecule has 0 bridgehead atoms. The van der Waals surface area contributed by atoms with Crippen LogP contribution in [0.2, 0.25) is 0 Å². The van der Waals surface area contributed by atoms with Gasteiger partial charge >= 0.3 is 0 Å². The predicted molar refractivity (Wildman–Crippen MR) is 47.3 cm³/mol. The molecule has 1 saturated carbocycles. The molecule has 0 aromatic heterocycles. The zero-order valence-electron chi connectivity index (χ0n) is 7.86. The minimum Gasteiger partial charge on any atom is -0.328 e. The van der Waals surface area contributed by atoms with Gasteiger partial charge in [-0.05, 0) is 25.7 Å². The van der Waals surface area contributed by atoms with Gasteiger partial charge in [-0.25, -0.2) is 4.39 Å². The van der Waals surface area contributed by atoms with E-state index in [9.17, 15) is 4.39 Å². The van der Waals surface area contributed by atoms with Gasteiger partial charge in [-0.2, -0.15) is 0 Å². The van der Waals surface area contributed by atoms with Crippen molar-refractivity contribution in [2.24, 2.45) is 5.73 Å². The number of nitrogens with two attached hydrogens (primary N) is 1. The highest BCUT2D eigenvalue weighted by Gasteiger charge is 2.43. The van der Waals surface area contributed by atoms with Gasteiger partial charge in [0, 0.05) is 6.04 Å². The van der Waals surface area contributed by atoms with Crippen LogP contribution in [0.4, 0.5) is 4.39 Å². The summed E-state index contributed by atoms with van der Waals surface area (Å²) in [5.41, 5.74) is 4.71. The fraction of sp³-hybridized carbons (Fsp3) is 1.00. The lowest BCUT2D eigenvalue weighted by atomic mass is 10.1. The van der Waals surface area contributed by atoms with Crippen LogP contribution in [0.25, 0.3) is 0 Å². The van der Waals surface area contributed by atoms with Gasteiger partial charge in [0.2, 0.25) is 0 Å². The molecule has 2 heteroatoms. The van der Waals surface area contributed by atoms with Crippen molar-refractivity contribution in [3.8, 4) is 0 Å². The molecular weight excluding hydrogens is 141 g/mol. The summed E-state index contributed by atoms with van der Waals surface area (Å²) in [7, 11) is 0. The van der Waals surface area contributed by atoms with E-state index < -0.39 is 5.67 Å². The van der Waals surface area contributed by atoms with Gasteiger partial charge in [0.1, 0.15) is 5.67 Å². The molecule has 2 N–H and O–H groups in total. The van der Waals surface area contributed by atoms with Crippen molar-refractivity contribution in [1.82, 2.24) is 0 Å². The van der Waals surface area contributed by atoms with E-state index in [1.807, 2.05) is 20.8 Å². The summed E-state index contributed by atoms with van der Waals surface area (Å²) in [4.78, 5) is 0. The molecule has 11 heavy (non-hydrogen) atoms. The van der Waals surface area contributed by atoms with Gasteiger partial charge in [-0.3, -0.25) is 0 Å². The number of rotatable bonds is 3. The molecule has 1 atom stereocenters. The number of halogens is 1. The normalized spacial score (nSPS) is 21.5. The van der Waals surface area contributed by atoms with Crippen molar-refractivity contribution in [3.05, 3.63) is 0 Å².